The number of carbonyl (C=O) groups excluding carboxylic acids is 1. The molecule has 1 fully saturated rings. The van der Waals surface area contributed by atoms with Crippen molar-refractivity contribution in [3.63, 3.8) is 0 Å². The fourth-order valence-electron chi connectivity index (χ4n) is 3.26. The number of benzene rings is 1. The minimum Gasteiger partial charge on any atom is -0.349 e. The van der Waals surface area contributed by atoms with E-state index in [1.165, 1.54) is 19.3 Å². The Bertz CT molecular complexity index is 524. The Hall–Kier alpha value is -0.540. The van der Waals surface area contributed by atoms with Gasteiger partial charge in [0.2, 0.25) is 0 Å². The molecular formula is C17H23BrClNO. The normalized spacial score (nSPS) is 22.9. The predicted octanol–water partition coefficient (Wildman–Crippen LogP) is 5.44. The molecule has 1 aliphatic carbocycles. The van der Waals surface area contributed by atoms with Crippen LogP contribution in [-0.4, -0.2) is 11.9 Å². The van der Waals surface area contributed by atoms with Gasteiger partial charge in [0.1, 0.15) is 0 Å². The summed E-state index contributed by atoms with van der Waals surface area (Å²) in [6, 6.07) is 5.55. The zero-order valence-electron chi connectivity index (χ0n) is 12.9. The molecule has 0 heterocycles. The van der Waals surface area contributed by atoms with E-state index in [1.54, 1.807) is 18.2 Å². The molecule has 116 valence electrons. The van der Waals surface area contributed by atoms with Gasteiger partial charge in [0, 0.05) is 15.5 Å². The van der Waals surface area contributed by atoms with Gasteiger partial charge in [0.05, 0.1) is 5.56 Å². The van der Waals surface area contributed by atoms with Crippen molar-refractivity contribution < 1.29 is 4.79 Å². The second-order valence-electron chi connectivity index (χ2n) is 6.96. The third-order valence-corrected chi connectivity index (χ3v) is 5.26. The SMILES string of the molecule is CC(C)(C)C1CCCCC1NC(=O)c1ccc(Cl)cc1Br. The van der Waals surface area contributed by atoms with Crippen molar-refractivity contribution >= 4 is 33.4 Å². The number of amides is 1. The average Bonchev–Trinajstić information content (AvgIpc) is 2.37. The van der Waals surface area contributed by atoms with Gasteiger partial charge < -0.3 is 5.32 Å². The Morgan fingerprint density at radius 2 is 1.95 bits per heavy atom. The van der Waals surface area contributed by atoms with Gasteiger partial charge in [0.25, 0.3) is 5.91 Å². The Kier molecular flexibility index (Phi) is 5.37. The van der Waals surface area contributed by atoms with Crippen molar-refractivity contribution in [2.45, 2.75) is 52.5 Å². The minimum absolute atomic E-state index is 0.0142. The molecule has 2 nitrogen and oxygen atoms in total. The Morgan fingerprint density at radius 3 is 2.57 bits per heavy atom. The van der Waals surface area contributed by atoms with Gasteiger partial charge in [-0.05, 0) is 58.3 Å². The average molecular weight is 373 g/mol. The van der Waals surface area contributed by atoms with E-state index >= 15 is 0 Å². The monoisotopic (exact) mass is 371 g/mol. The molecule has 0 saturated heterocycles. The van der Waals surface area contributed by atoms with Gasteiger partial charge in [-0.15, -0.1) is 0 Å². The van der Waals surface area contributed by atoms with Crippen LogP contribution in [0.25, 0.3) is 0 Å². The lowest BCUT2D eigenvalue weighted by Gasteiger charge is -2.40. The number of halogens is 2. The van der Waals surface area contributed by atoms with Gasteiger partial charge in [-0.2, -0.15) is 0 Å². The highest BCUT2D eigenvalue weighted by Crippen LogP contribution is 2.38. The second-order valence-corrected chi connectivity index (χ2v) is 8.25. The molecule has 0 aliphatic heterocycles. The zero-order valence-corrected chi connectivity index (χ0v) is 15.2. The van der Waals surface area contributed by atoms with E-state index in [9.17, 15) is 4.79 Å². The number of carbonyl (C=O) groups is 1. The number of nitrogens with one attached hydrogen (secondary N) is 1. The zero-order chi connectivity index (χ0) is 15.6. The molecule has 2 unspecified atom stereocenters. The van der Waals surface area contributed by atoms with Crippen molar-refractivity contribution in [1.29, 1.82) is 0 Å². The topological polar surface area (TPSA) is 29.1 Å². The Labute approximate surface area is 140 Å². The van der Waals surface area contributed by atoms with E-state index < -0.39 is 0 Å². The van der Waals surface area contributed by atoms with Crippen LogP contribution in [0.5, 0.6) is 0 Å². The van der Waals surface area contributed by atoms with Crippen LogP contribution in [-0.2, 0) is 0 Å². The fraction of sp³-hybridized carbons (Fsp3) is 0.588. The lowest BCUT2D eigenvalue weighted by Crippen LogP contribution is -2.46. The molecule has 0 bridgehead atoms. The number of hydrogen-bond donors (Lipinski definition) is 1. The van der Waals surface area contributed by atoms with Gasteiger partial charge >= 0.3 is 0 Å². The summed E-state index contributed by atoms with van der Waals surface area (Å²) in [4.78, 5) is 12.5. The van der Waals surface area contributed by atoms with Crippen molar-refractivity contribution in [3.8, 4) is 0 Å². The summed E-state index contributed by atoms with van der Waals surface area (Å²) in [6.07, 6.45) is 4.72. The first-order valence-electron chi connectivity index (χ1n) is 7.55. The third kappa shape index (κ3) is 4.23. The standard InChI is InChI=1S/C17H23BrClNO/c1-17(2,3)13-6-4-5-7-15(13)20-16(21)12-9-8-11(19)10-14(12)18/h8-10,13,15H,4-7H2,1-3H3,(H,20,21). The lowest BCUT2D eigenvalue weighted by atomic mass is 9.69. The lowest BCUT2D eigenvalue weighted by molar-refractivity contribution is 0.0829. The van der Waals surface area contributed by atoms with E-state index in [0.29, 0.717) is 16.5 Å². The highest BCUT2D eigenvalue weighted by Gasteiger charge is 2.35. The van der Waals surface area contributed by atoms with Crippen LogP contribution in [0.4, 0.5) is 0 Å². The Balaban J connectivity index is 2.13. The molecule has 1 aliphatic rings. The van der Waals surface area contributed by atoms with E-state index in [1.807, 2.05) is 0 Å². The van der Waals surface area contributed by atoms with Crippen molar-refractivity contribution in [3.05, 3.63) is 33.3 Å². The van der Waals surface area contributed by atoms with Crippen LogP contribution in [0, 0.1) is 11.3 Å². The maximum Gasteiger partial charge on any atom is 0.252 e. The molecule has 0 aromatic heterocycles. The van der Waals surface area contributed by atoms with E-state index in [2.05, 4.69) is 42.0 Å². The van der Waals surface area contributed by atoms with Crippen LogP contribution in [0.15, 0.2) is 22.7 Å². The first-order valence-corrected chi connectivity index (χ1v) is 8.72. The Morgan fingerprint density at radius 1 is 1.29 bits per heavy atom. The third-order valence-electron chi connectivity index (χ3n) is 4.37. The largest absolute Gasteiger partial charge is 0.349 e. The maximum atomic E-state index is 12.5. The molecule has 4 heteroatoms. The van der Waals surface area contributed by atoms with Crippen molar-refractivity contribution in [1.82, 2.24) is 5.32 Å². The van der Waals surface area contributed by atoms with Gasteiger partial charge in [-0.3, -0.25) is 4.79 Å². The molecule has 0 radical (unpaired) electrons. The summed E-state index contributed by atoms with van der Waals surface area (Å²) < 4.78 is 0.746. The summed E-state index contributed by atoms with van der Waals surface area (Å²) in [5.74, 6) is 0.515. The van der Waals surface area contributed by atoms with E-state index in [-0.39, 0.29) is 17.4 Å². The molecule has 1 saturated carbocycles. The second kappa shape index (κ2) is 6.70. The predicted molar refractivity (Wildman–Crippen MR) is 91.8 cm³/mol. The number of hydrogen-bond acceptors (Lipinski definition) is 1. The number of rotatable bonds is 2. The highest BCUT2D eigenvalue weighted by molar-refractivity contribution is 9.10. The molecule has 2 atom stereocenters. The first kappa shape index (κ1) is 16.8. The fourth-order valence-corrected chi connectivity index (χ4v) is 4.12. The molecule has 0 spiro atoms. The molecular weight excluding hydrogens is 350 g/mol. The van der Waals surface area contributed by atoms with Gasteiger partial charge in [0.15, 0.2) is 0 Å². The minimum atomic E-state index is -0.0142. The van der Waals surface area contributed by atoms with Gasteiger partial charge in [-0.25, -0.2) is 0 Å². The van der Waals surface area contributed by atoms with Crippen LogP contribution in [0.2, 0.25) is 5.02 Å². The molecule has 2 rings (SSSR count). The van der Waals surface area contributed by atoms with Crippen molar-refractivity contribution in [2.75, 3.05) is 0 Å². The molecule has 1 amide bonds. The van der Waals surface area contributed by atoms with Gasteiger partial charge in [-0.1, -0.05) is 45.2 Å². The summed E-state index contributed by atoms with van der Waals surface area (Å²) in [7, 11) is 0. The maximum absolute atomic E-state index is 12.5. The molecule has 21 heavy (non-hydrogen) atoms. The van der Waals surface area contributed by atoms with Crippen LogP contribution in [0.1, 0.15) is 56.8 Å². The molecule has 1 N–H and O–H groups in total. The summed E-state index contributed by atoms with van der Waals surface area (Å²) in [6.45, 7) is 6.79. The summed E-state index contributed by atoms with van der Waals surface area (Å²) >= 11 is 9.36. The van der Waals surface area contributed by atoms with Crippen LogP contribution in [0.3, 0.4) is 0 Å². The van der Waals surface area contributed by atoms with Crippen molar-refractivity contribution in [2.24, 2.45) is 11.3 Å². The smallest absolute Gasteiger partial charge is 0.252 e. The molecule has 1 aromatic carbocycles. The van der Waals surface area contributed by atoms with Crippen LogP contribution >= 0.6 is 27.5 Å². The highest BCUT2D eigenvalue weighted by atomic mass is 79.9. The quantitative estimate of drug-likeness (QED) is 0.736. The summed E-state index contributed by atoms with van der Waals surface area (Å²) in [5.41, 5.74) is 0.868. The van der Waals surface area contributed by atoms with E-state index in [0.717, 1.165) is 10.9 Å². The van der Waals surface area contributed by atoms with E-state index in [4.69, 9.17) is 11.6 Å². The van der Waals surface area contributed by atoms with Crippen LogP contribution < -0.4 is 5.32 Å². The first-order chi connectivity index (χ1) is 9.79. The molecule has 1 aromatic rings. The summed E-state index contributed by atoms with van der Waals surface area (Å²) in [5, 5.41) is 3.87.